The molecule has 138 valence electrons. The summed E-state index contributed by atoms with van der Waals surface area (Å²) in [5.74, 6) is 0.160. The van der Waals surface area contributed by atoms with Crippen molar-refractivity contribution in [2.24, 2.45) is 5.73 Å². The minimum absolute atomic E-state index is 0. The lowest BCUT2D eigenvalue weighted by atomic mass is 9.98. The van der Waals surface area contributed by atoms with Crippen molar-refractivity contribution < 1.29 is 9.59 Å². The van der Waals surface area contributed by atoms with Gasteiger partial charge in [0.15, 0.2) is 0 Å². The summed E-state index contributed by atoms with van der Waals surface area (Å²) in [6, 6.07) is 7.74. The van der Waals surface area contributed by atoms with Gasteiger partial charge in [-0.2, -0.15) is 0 Å². The highest BCUT2D eigenvalue weighted by Crippen LogP contribution is 2.28. The Labute approximate surface area is 155 Å². The Hall–Kier alpha value is -1.59. The first kappa shape index (κ1) is 19.7. The van der Waals surface area contributed by atoms with Crippen LogP contribution < -0.4 is 11.1 Å². The van der Waals surface area contributed by atoms with Crippen LogP contribution >= 0.6 is 12.4 Å². The van der Waals surface area contributed by atoms with Crippen molar-refractivity contribution in [3.05, 3.63) is 29.8 Å². The van der Waals surface area contributed by atoms with Gasteiger partial charge in [0.1, 0.15) is 0 Å². The average Bonchev–Trinajstić information content (AvgIpc) is 3.26. The number of benzene rings is 1. The van der Waals surface area contributed by atoms with E-state index >= 15 is 0 Å². The van der Waals surface area contributed by atoms with Crippen molar-refractivity contribution in [3.8, 4) is 0 Å². The van der Waals surface area contributed by atoms with Crippen LogP contribution in [0.4, 0.5) is 5.69 Å². The molecule has 2 fully saturated rings. The van der Waals surface area contributed by atoms with Crippen LogP contribution in [0, 0.1) is 0 Å². The predicted molar refractivity (Wildman–Crippen MR) is 102 cm³/mol. The fourth-order valence-electron chi connectivity index (χ4n) is 3.62. The third-order valence-electron chi connectivity index (χ3n) is 5.25. The summed E-state index contributed by atoms with van der Waals surface area (Å²) in [4.78, 5) is 26.3. The molecule has 2 amide bonds. The molecule has 3 N–H and O–H groups in total. The zero-order valence-corrected chi connectivity index (χ0v) is 15.4. The summed E-state index contributed by atoms with van der Waals surface area (Å²) >= 11 is 0. The van der Waals surface area contributed by atoms with Gasteiger partial charge in [-0.25, -0.2) is 0 Å². The van der Waals surface area contributed by atoms with E-state index in [2.05, 4.69) is 5.32 Å². The number of hydrogen-bond donors (Lipinski definition) is 2. The fraction of sp³-hybridized carbons (Fsp3) is 0.579. The van der Waals surface area contributed by atoms with Gasteiger partial charge in [-0.05, 0) is 49.8 Å². The summed E-state index contributed by atoms with van der Waals surface area (Å²) in [5.41, 5.74) is 7.34. The van der Waals surface area contributed by atoms with Crippen molar-refractivity contribution in [3.63, 3.8) is 0 Å². The number of carbonyl (C=O) groups is 2. The lowest BCUT2D eigenvalue weighted by molar-refractivity contribution is -0.130. The first-order chi connectivity index (χ1) is 11.6. The zero-order valence-electron chi connectivity index (χ0n) is 14.6. The van der Waals surface area contributed by atoms with Crippen LogP contribution in [0.3, 0.4) is 0 Å². The van der Waals surface area contributed by atoms with Gasteiger partial charge in [0.2, 0.25) is 11.8 Å². The van der Waals surface area contributed by atoms with Crippen LogP contribution in [0.15, 0.2) is 24.3 Å². The van der Waals surface area contributed by atoms with Crippen molar-refractivity contribution >= 4 is 29.9 Å². The second-order valence-corrected chi connectivity index (χ2v) is 7.10. The third-order valence-corrected chi connectivity index (χ3v) is 5.25. The maximum atomic E-state index is 12.3. The molecule has 3 rings (SSSR count). The molecule has 1 aliphatic heterocycles. The molecule has 0 atom stereocenters. The number of nitrogens with two attached hydrogens (primary N) is 1. The quantitative estimate of drug-likeness (QED) is 0.842. The zero-order chi connectivity index (χ0) is 17.0. The van der Waals surface area contributed by atoms with Gasteiger partial charge in [0.25, 0.3) is 0 Å². The first-order valence-electron chi connectivity index (χ1n) is 9.04. The van der Waals surface area contributed by atoms with Gasteiger partial charge in [0.05, 0.1) is 5.54 Å². The van der Waals surface area contributed by atoms with Gasteiger partial charge < -0.3 is 16.0 Å². The molecular formula is C19H28ClN3O2. The van der Waals surface area contributed by atoms with E-state index in [4.69, 9.17) is 5.73 Å². The molecule has 0 unspecified atom stereocenters. The first-order valence-corrected chi connectivity index (χ1v) is 9.04. The molecule has 6 heteroatoms. The van der Waals surface area contributed by atoms with Crippen LogP contribution in [0.25, 0.3) is 0 Å². The smallest absolute Gasteiger partial charge is 0.244 e. The van der Waals surface area contributed by atoms with Crippen molar-refractivity contribution in [1.29, 1.82) is 0 Å². The molecule has 0 radical (unpaired) electrons. The van der Waals surface area contributed by atoms with Gasteiger partial charge in [-0.1, -0.05) is 25.0 Å². The Bertz CT molecular complexity index is 591. The molecule has 25 heavy (non-hydrogen) atoms. The fourth-order valence-corrected chi connectivity index (χ4v) is 3.62. The number of nitrogens with one attached hydrogen (secondary N) is 1. The maximum Gasteiger partial charge on any atom is 0.244 e. The number of hydrogen-bond acceptors (Lipinski definition) is 3. The Morgan fingerprint density at radius 2 is 1.64 bits per heavy atom. The number of nitrogens with zero attached hydrogens (tertiary/aromatic N) is 1. The Kier molecular flexibility index (Phi) is 6.85. The van der Waals surface area contributed by atoms with E-state index in [1.54, 1.807) is 0 Å². The lowest BCUT2D eigenvalue weighted by Gasteiger charge is -2.22. The minimum Gasteiger partial charge on any atom is -0.343 e. The molecule has 1 heterocycles. The lowest BCUT2D eigenvalue weighted by Crippen LogP contribution is -2.48. The number of amides is 2. The van der Waals surface area contributed by atoms with Gasteiger partial charge >= 0.3 is 0 Å². The second-order valence-electron chi connectivity index (χ2n) is 7.10. The second kappa shape index (κ2) is 8.68. The van der Waals surface area contributed by atoms with E-state index in [0.29, 0.717) is 6.42 Å². The molecular weight excluding hydrogens is 338 g/mol. The van der Waals surface area contributed by atoms with Crippen LogP contribution in [0.2, 0.25) is 0 Å². The van der Waals surface area contributed by atoms with E-state index < -0.39 is 5.54 Å². The largest absolute Gasteiger partial charge is 0.343 e. The topological polar surface area (TPSA) is 75.4 Å². The molecule has 2 aliphatic rings. The van der Waals surface area contributed by atoms with Crippen molar-refractivity contribution in [2.45, 2.75) is 56.9 Å². The molecule has 0 bridgehead atoms. The SMILES string of the molecule is Cl.NC1(C(=O)Nc2ccc(CCC(=O)N3CCCC3)cc2)CCCC1. The standard InChI is InChI=1S/C19H27N3O2.ClH/c20-19(11-1-2-12-19)18(24)21-16-8-5-15(6-9-16)7-10-17(23)22-13-3-4-14-22;/h5-6,8-9H,1-4,7,10-14,20H2,(H,21,24);1H. The Morgan fingerprint density at radius 1 is 1.04 bits per heavy atom. The molecule has 1 aliphatic carbocycles. The third kappa shape index (κ3) is 4.95. The van der Waals surface area contributed by atoms with Crippen LogP contribution in [0.5, 0.6) is 0 Å². The highest BCUT2D eigenvalue weighted by atomic mass is 35.5. The van der Waals surface area contributed by atoms with Crippen LogP contribution in [-0.4, -0.2) is 35.3 Å². The number of carbonyl (C=O) groups excluding carboxylic acids is 2. The van der Waals surface area contributed by atoms with E-state index in [1.807, 2.05) is 29.2 Å². The molecule has 1 saturated carbocycles. The normalized spacial score (nSPS) is 18.7. The molecule has 5 nitrogen and oxygen atoms in total. The summed E-state index contributed by atoms with van der Waals surface area (Å²) in [5, 5.41) is 2.92. The highest BCUT2D eigenvalue weighted by molar-refractivity contribution is 5.98. The van der Waals surface area contributed by atoms with E-state index in [1.165, 1.54) is 0 Å². The highest BCUT2D eigenvalue weighted by Gasteiger charge is 2.36. The average molecular weight is 366 g/mol. The van der Waals surface area contributed by atoms with E-state index in [-0.39, 0.29) is 24.2 Å². The Balaban J connectivity index is 0.00000225. The molecule has 1 aromatic carbocycles. The number of likely N-dealkylation sites (tertiary alicyclic amines) is 1. The van der Waals surface area contributed by atoms with Gasteiger partial charge in [-0.3, -0.25) is 9.59 Å². The number of rotatable bonds is 5. The van der Waals surface area contributed by atoms with Crippen LogP contribution in [-0.2, 0) is 16.0 Å². The maximum absolute atomic E-state index is 12.3. The number of anilines is 1. The molecule has 0 aromatic heterocycles. The van der Waals surface area contributed by atoms with E-state index in [9.17, 15) is 9.59 Å². The van der Waals surface area contributed by atoms with E-state index in [0.717, 1.165) is 69.3 Å². The van der Waals surface area contributed by atoms with Crippen molar-refractivity contribution in [1.82, 2.24) is 4.90 Å². The molecule has 0 spiro atoms. The summed E-state index contributed by atoms with van der Waals surface area (Å²) in [6.45, 7) is 1.81. The van der Waals surface area contributed by atoms with Crippen molar-refractivity contribution in [2.75, 3.05) is 18.4 Å². The Morgan fingerprint density at radius 3 is 2.24 bits per heavy atom. The molecule has 1 saturated heterocycles. The summed E-state index contributed by atoms with van der Waals surface area (Å²) in [7, 11) is 0. The molecule has 1 aromatic rings. The summed E-state index contributed by atoms with van der Waals surface area (Å²) < 4.78 is 0. The number of aryl methyl sites for hydroxylation is 1. The van der Waals surface area contributed by atoms with Gasteiger partial charge in [0, 0.05) is 25.2 Å². The number of halogens is 1. The van der Waals surface area contributed by atoms with Crippen LogP contribution in [0.1, 0.15) is 50.5 Å². The minimum atomic E-state index is -0.708. The summed E-state index contributed by atoms with van der Waals surface area (Å²) in [6.07, 6.45) is 7.11. The van der Waals surface area contributed by atoms with Gasteiger partial charge in [-0.15, -0.1) is 12.4 Å². The monoisotopic (exact) mass is 365 g/mol. The predicted octanol–water partition coefficient (Wildman–Crippen LogP) is 2.87.